The van der Waals surface area contributed by atoms with Gasteiger partial charge in [0.05, 0.1) is 0 Å². The lowest BCUT2D eigenvalue weighted by molar-refractivity contribution is 0.0992. The minimum atomic E-state index is -0.443. The highest BCUT2D eigenvalue weighted by molar-refractivity contribution is 7.99. The highest BCUT2D eigenvalue weighted by Crippen LogP contribution is 2.33. The first-order chi connectivity index (χ1) is 8.66. The Bertz CT molecular complexity index is 621. The van der Waals surface area contributed by atoms with E-state index in [0.717, 1.165) is 23.0 Å². The van der Waals surface area contributed by atoms with Crippen LogP contribution < -0.4 is 5.73 Å². The van der Waals surface area contributed by atoms with E-state index in [1.807, 2.05) is 16.7 Å². The summed E-state index contributed by atoms with van der Waals surface area (Å²) >= 11 is 7.49. The molecule has 0 spiro atoms. The van der Waals surface area contributed by atoms with Crippen molar-refractivity contribution in [3.63, 3.8) is 0 Å². The molecule has 1 aliphatic rings. The summed E-state index contributed by atoms with van der Waals surface area (Å²) in [6.45, 7) is 0.777. The van der Waals surface area contributed by atoms with Gasteiger partial charge in [-0.3, -0.25) is 4.79 Å². The number of amides is 1. The molecule has 0 radical (unpaired) electrons. The van der Waals surface area contributed by atoms with Gasteiger partial charge in [-0.1, -0.05) is 35.5 Å². The summed E-state index contributed by atoms with van der Waals surface area (Å²) in [5.74, 6) is 0.491. The van der Waals surface area contributed by atoms with Crippen molar-refractivity contribution in [2.75, 3.05) is 5.75 Å². The fourth-order valence-corrected chi connectivity index (χ4v) is 3.11. The van der Waals surface area contributed by atoms with Crippen LogP contribution in [-0.4, -0.2) is 21.2 Å². The number of aromatic nitrogens is 2. The number of carbonyl (C=O) groups excluding carboxylic acids is 1. The first-order valence-electron chi connectivity index (χ1n) is 5.46. The van der Waals surface area contributed by atoms with Crippen molar-refractivity contribution < 1.29 is 4.79 Å². The summed E-state index contributed by atoms with van der Waals surface area (Å²) in [6, 6.07) is 7.24. The molecule has 18 heavy (non-hydrogen) atoms. The molecule has 1 amide bonds. The van der Waals surface area contributed by atoms with Crippen molar-refractivity contribution in [2.45, 2.75) is 11.7 Å². The maximum Gasteiger partial charge on any atom is 0.267 e. The Balaban J connectivity index is 2.17. The third-order valence-electron chi connectivity index (χ3n) is 2.83. The third kappa shape index (κ3) is 1.79. The number of nitrogens with two attached hydrogens (primary N) is 1. The first-order valence-corrected chi connectivity index (χ1v) is 6.82. The summed E-state index contributed by atoms with van der Waals surface area (Å²) in [5.41, 5.74) is 7.45. The van der Waals surface area contributed by atoms with E-state index in [1.165, 1.54) is 0 Å². The number of hydrogen-bond acceptors (Lipinski definition) is 3. The van der Waals surface area contributed by atoms with Gasteiger partial charge in [0.25, 0.3) is 5.91 Å². The van der Waals surface area contributed by atoms with Crippen LogP contribution in [0.25, 0.3) is 11.3 Å². The zero-order valence-corrected chi connectivity index (χ0v) is 11.0. The van der Waals surface area contributed by atoms with E-state index >= 15 is 0 Å². The Kier molecular flexibility index (Phi) is 2.80. The van der Waals surface area contributed by atoms with Crippen LogP contribution in [0.15, 0.2) is 29.4 Å². The Morgan fingerprint density at radius 1 is 1.39 bits per heavy atom. The van der Waals surface area contributed by atoms with Gasteiger partial charge in [0.2, 0.25) is 0 Å². The quantitative estimate of drug-likeness (QED) is 0.918. The molecule has 2 heterocycles. The lowest BCUT2D eigenvalue weighted by Gasteiger charge is -2.03. The number of thioether (sulfide) groups is 1. The van der Waals surface area contributed by atoms with Gasteiger partial charge in [-0.05, 0) is 12.1 Å². The molecule has 1 aromatic carbocycles. The lowest BCUT2D eigenvalue weighted by Crippen LogP contribution is -2.17. The van der Waals surface area contributed by atoms with Crippen LogP contribution in [-0.2, 0) is 6.54 Å². The number of halogens is 1. The van der Waals surface area contributed by atoms with Gasteiger partial charge in [-0.15, -0.1) is 0 Å². The molecule has 92 valence electrons. The number of primary amides is 1. The smallest absolute Gasteiger partial charge is 0.267 e. The topological polar surface area (TPSA) is 60.9 Å². The van der Waals surface area contributed by atoms with Gasteiger partial charge < -0.3 is 10.3 Å². The molecular weight excluding hydrogens is 270 g/mol. The van der Waals surface area contributed by atoms with E-state index in [9.17, 15) is 4.79 Å². The number of hydrogen-bond donors (Lipinski definition) is 1. The van der Waals surface area contributed by atoms with Gasteiger partial charge in [-0.2, -0.15) is 0 Å². The van der Waals surface area contributed by atoms with Crippen LogP contribution >= 0.6 is 23.4 Å². The molecule has 1 aliphatic heterocycles. The number of carbonyl (C=O) groups is 1. The molecule has 0 fully saturated rings. The van der Waals surface area contributed by atoms with Crippen LogP contribution in [0, 0.1) is 0 Å². The molecule has 4 nitrogen and oxygen atoms in total. The number of imidazole rings is 1. The summed E-state index contributed by atoms with van der Waals surface area (Å²) in [7, 11) is 0. The first kappa shape index (κ1) is 11.6. The molecule has 0 unspecified atom stereocenters. The molecule has 3 rings (SSSR count). The van der Waals surface area contributed by atoms with Crippen LogP contribution in [0.3, 0.4) is 0 Å². The summed E-state index contributed by atoms with van der Waals surface area (Å²) in [5, 5.41) is 1.51. The van der Waals surface area contributed by atoms with E-state index < -0.39 is 5.91 Å². The summed E-state index contributed by atoms with van der Waals surface area (Å²) in [4.78, 5) is 16.1. The average Bonchev–Trinajstić information content (AvgIpc) is 2.88. The van der Waals surface area contributed by atoms with Gasteiger partial charge >= 0.3 is 0 Å². The number of nitrogens with zero attached hydrogens (tertiary/aromatic N) is 2. The van der Waals surface area contributed by atoms with E-state index in [1.54, 1.807) is 23.9 Å². The van der Waals surface area contributed by atoms with E-state index in [2.05, 4.69) is 4.98 Å². The lowest BCUT2D eigenvalue weighted by atomic mass is 10.1. The van der Waals surface area contributed by atoms with Crippen LogP contribution in [0.1, 0.15) is 10.5 Å². The Hall–Kier alpha value is -1.46. The highest BCUT2D eigenvalue weighted by Gasteiger charge is 2.25. The maximum absolute atomic E-state index is 11.6. The molecule has 6 heteroatoms. The molecule has 0 atom stereocenters. The largest absolute Gasteiger partial charge is 0.364 e. The average molecular weight is 280 g/mol. The van der Waals surface area contributed by atoms with Gasteiger partial charge in [0.1, 0.15) is 11.4 Å². The predicted molar refractivity (Wildman–Crippen MR) is 71.9 cm³/mol. The fourth-order valence-electron chi connectivity index (χ4n) is 2.04. The van der Waals surface area contributed by atoms with Crippen molar-refractivity contribution in [1.29, 1.82) is 0 Å². The number of rotatable bonds is 2. The second-order valence-corrected chi connectivity index (χ2v) is 5.46. The van der Waals surface area contributed by atoms with Gasteiger partial charge in [0, 0.05) is 22.9 Å². The van der Waals surface area contributed by atoms with Crippen molar-refractivity contribution in [3.05, 3.63) is 35.0 Å². The molecule has 0 saturated carbocycles. The second-order valence-electron chi connectivity index (χ2n) is 3.96. The maximum atomic E-state index is 11.6. The van der Waals surface area contributed by atoms with Crippen LogP contribution in [0.4, 0.5) is 0 Å². The van der Waals surface area contributed by atoms with Crippen molar-refractivity contribution in [1.82, 2.24) is 9.55 Å². The number of fused-ring (bicyclic) bond motifs is 1. The van der Waals surface area contributed by atoms with E-state index in [4.69, 9.17) is 17.3 Å². The third-order valence-corrected chi connectivity index (χ3v) is 4.04. The SMILES string of the molecule is NC(=O)c1c(-c2ccc(Cl)cc2)nc2n1CCS2. The normalized spacial score (nSPS) is 13.6. The Morgan fingerprint density at radius 3 is 2.78 bits per heavy atom. The zero-order chi connectivity index (χ0) is 12.7. The van der Waals surface area contributed by atoms with Crippen molar-refractivity contribution >= 4 is 29.3 Å². The molecule has 2 aromatic rings. The fraction of sp³-hybridized carbons (Fsp3) is 0.167. The molecule has 0 bridgehead atoms. The van der Waals surface area contributed by atoms with Gasteiger partial charge in [-0.25, -0.2) is 4.98 Å². The molecule has 0 aliphatic carbocycles. The molecular formula is C12H10ClN3OS. The monoisotopic (exact) mass is 279 g/mol. The standard InChI is InChI=1S/C12H10ClN3OS/c13-8-3-1-7(2-4-8)9-10(11(14)17)16-5-6-18-12(16)15-9/h1-4H,5-6H2,(H2,14,17). The zero-order valence-electron chi connectivity index (χ0n) is 9.39. The summed E-state index contributed by atoms with van der Waals surface area (Å²) < 4.78 is 1.89. The highest BCUT2D eigenvalue weighted by atomic mass is 35.5. The molecule has 0 saturated heterocycles. The van der Waals surface area contributed by atoms with Gasteiger partial charge in [0.15, 0.2) is 5.16 Å². The van der Waals surface area contributed by atoms with E-state index in [-0.39, 0.29) is 0 Å². The van der Waals surface area contributed by atoms with Crippen LogP contribution in [0.2, 0.25) is 5.02 Å². The summed E-state index contributed by atoms with van der Waals surface area (Å²) in [6.07, 6.45) is 0. The van der Waals surface area contributed by atoms with Crippen molar-refractivity contribution in [2.24, 2.45) is 5.73 Å². The Labute approximate surface area is 113 Å². The predicted octanol–water partition coefficient (Wildman–Crippen LogP) is 2.41. The second kappa shape index (κ2) is 4.33. The number of benzene rings is 1. The molecule has 2 N–H and O–H groups in total. The van der Waals surface area contributed by atoms with E-state index in [0.29, 0.717) is 16.4 Å². The minimum absolute atomic E-state index is 0.443. The van der Waals surface area contributed by atoms with Crippen molar-refractivity contribution in [3.8, 4) is 11.3 Å². The molecule has 1 aromatic heterocycles. The Morgan fingerprint density at radius 2 is 2.11 bits per heavy atom. The van der Waals surface area contributed by atoms with Crippen LogP contribution in [0.5, 0.6) is 0 Å². The minimum Gasteiger partial charge on any atom is -0.364 e.